The minimum Gasteiger partial charge on any atom is -0.491 e. The predicted molar refractivity (Wildman–Crippen MR) is 119 cm³/mol. The zero-order chi connectivity index (χ0) is 24.0. The van der Waals surface area contributed by atoms with Crippen molar-refractivity contribution < 1.29 is 27.8 Å². The van der Waals surface area contributed by atoms with Crippen LogP contribution < -0.4 is 10.1 Å². The Kier molecular flexibility index (Phi) is 12.8. The standard InChI is InChI=1S/C22H27F2NO4.C2H6/c1-6-8-15(7-2)9-10-20(26)19(25-21(27)29-22(3,4)5)14-28-18-12-16(23)11-17(24)13-18;1-2/h6-8,11-13,19H,1-2,9-10,14H2,3-5H3,(H,25,27);1-2H3/b15-8+;/t19-;/m0./s1. The number of halogens is 2. The number of ether oxygens (including phenoxy) is 2. The molecule has 0 aliphatic carbocycles. The molecule has 0 saturated heterocycles. The highest BCUT2D eigenvalue weighted by Gasteiger charge is 2.25. The summed E-state index contributed by atoms with van der Waals surface area (Å²) in [6.07, 6.45) is 4.59. The van der Waals surface area contributed by atoms with Gasteiger partial charge in [-0.25, -0.2) is 13.6 Å². The molecule has 1 aromatic carbocycles. The predicted octanol–water partition coefficient (Wildman–Crippen LogP) is 5.91. The number of ketones is 1. The van der Waals surface area contributed by atoms with E-state index in [2.05, 4.69) is 18.5 Å². The molecule has 0 saturated carbocycles. The van der Waals surface area contributed by atoms with Crippen LogP contribution >= 0.6 is 0 Å². The van der Waals surface area contributed by atoms with Gasteiger partial charge in [0, 0.05) is 24.6 Å². The van der Waals surface area contributed by atoms with Gasteiger partial charge in [0.25, 0.3) is 0 Å². The monoisotopic (exact) mass is 437 g/mol. The summed E-state index contributed by atoms with van der Waals surface area (Å²) < 4.78 is 37.2. The van der Waals surface area contributed by atoms with E-state index in [4.69, 9.17) is 9.47 Å². The Morgan fingerprint density at radius 2 is 1.68 bits per heavy atom. The molecule has 0 fully saturated rings. The van der Waals surface area contributed by atoms with Gasteiger partial charge in [0.05, 0.1) is 0 Å². The summed E-state index contributed by atoms with van der Waals surface area (Å²) in [6.45, 7) is 16.0. The van der Waals surface area contributed by atoms with Gasteiger partial charge in [0.1, 0.15) is 35.6 Å². The van der Waals surface area contributed by atoms with Crippen molar-refractivity contribution in [2.45, 2.75) is 59.1 Å². The van der Waals surface area contributed by atoms with Crippen molar-refractivity contribution in [3.8, 4) is 5.75 Å². The fraction of sp³-hybridized carbons (Fsp3) is 0.417. The third kappa shape index (κ3) is 12.4. The molecular weight excluding hydrogens is 404 g/mol. The number of carbonyl (C=O) groups excluding carboxylic acids is 2. The molecule has 0 radical (unpaired) electrons. The van der Waals surface area contributed by atoms with E-state index in [9.17, 15) is 18.4 Å². The third-order valence-corrected chi connectivity index (χ3v) is 3.59. The van der Waals surface area contributed by atoms with E-state index in [0.29, 0.717) is 12.5 Å². The average molecular weight is 438 g/mol. The lowest BCUT2D eigenvalue weighted by atomic mass is 10.0. The fourth-order valence-electron chi connectivity index (χ4n) is 2.30. The van der Waals surface area contributed by atoms with Crippen molar-refractivity contribution in [1.82, 2.24) is 5.32 Å². The number of nitrogens with one attached hydrogen (secondary N) is 1. The molecule has 0 bridgehead atoms. The molecule has 1 atom stereocenters. The highest BCUT2D eigenvalue weighted by Crippen LogP contribution is 2.16. The Labute approximate surface area is 183 Å². The minimum atomic E-state index is -1.06. The summed E-state index contributed by atoms with van der Waals surface area (Å²) in [5, 5.41) is 2.46. The van der Waals surface area contributed by atoms with E-state index >= 15 is 0 Å². The first-order valence-corrected chi connectivity index (χ1v) is 10.1. The Morgan fingerprint density at radius 3 is 2.16 bits per heavy atom. The fourth-order valence-corrected chi connectivity index (χ4v) is 2.30. The number of alkyl carbamates (subject to hydrolysis) is 1. The van der Waals surface area contributed by atoms with Gasteiger partial charge >= 0.3 is 6.09 Å². The lowest BCUT2D eigenvalue weighted by Gasteiger charge is -2.23. The second kappa shape index (κ2) is 14.1. The second-order valence-electron chi connectivity index (χ2n) is 7.26. The van der Waals surface area contributed by atoms with Crippen LogP contribution in [0.15, 0.2) is 55.2 Å². The van der Waals surface area contributed by atoms with E-state index in [1.165, 1.54) is 0 Å². The van der Waals surface area contributed by atoms with E-state index in [-0.39, 0.29) is 24.6 Å². The van der Waals surface area contributed by atoms with Gasteiger partial charge in [-0.05, 0) is 32.8 Å². The number of amides is 1. The van der Waals surface area contributed by atoms with Crippen molar-refractivity contribution in [2.24, 2.45) is 0 Å². The maximum absolute atomic E-state index is 13.3. The Hall–Kier alpha value is -2.96. The Balaban J connectivity index is 0.00000436. The van der Waals surface area contributed by atoms with Gasteiger partial charge < -0.3 is 14.8 Å². The average Bonchev–Trinajstić information content (AvgIpc) is 2.67. The van der Waals surface area contributed by atoms with Gasteiger partial charge in [0.15, 0.2) is 5.78 Å². The van der Waals surface area contributed by atoms with Gasteiger partial charge in [-0.15, -0.1) is 0 Å². The molecule has 1 N–H and O–H groups in total. The summed E-state index contributed by atoms with van der Waals surface area (Å²) >= 11 is 0. The van der Waals surface area contributed by atoms with Crippen LogP contribution in [0, 0.1) is 11.6 Å². The number of benzene rings is 1. The van der Waals surface area contributed by atoms with Crippen LogP contribution in [0.2, 0.25) is 0 Å². The normalized spacial score (nSPS) is 12.0. The molecular formula is C24H33F2NO4. The molecule has 0 unspecified atom stereocenters. The number of hydrogen-bond donors (Lipinski definition) is 1. The van der Waals surface area contributed by atoms with Crippen molar-refractivity contribution in [3.05, 3.63) is 66.8 Å². The lowest BCUT2D eigenvalue weighted by molar-refractivity contribution is -0.121. The van der Waals surface area contributed by atoms with Crippen molar-refractivity contribution >= 4 is 11.9 Å². The number of rotatable bonds is 10. The van der Waals surface area contributed by atoms with Crippen molar-refractivity contribution in [1.29, 1.82) is 0 Å². The molecule has 172 valence electrons. The zero-order valence-corrected chi connectivity index (χ0v) is 19.0. The highest BCUT2D eigenvalue weighted by molar-refractivity contribution is 5.87. The minimum absolute atomic E-state index is 0.0903. The first kappa shape index (κ1) is 28.0. The Morgan fingerprint density at radius 1 is 1.10 bits per heavy atom. The SMILES string of the molecule is C=C/C=C(\C=C)CCC(=O)[C@H](COc1cc(F)cc(F)c1)NC(=O)OC(C)(C)C.CC. The van der Waals surface area contributed by atoms with Crippen LogP contribution in [0.25, 0.3) is 0 Å². The molecule has 7 heteroatoms. The molecule has 1 rings (SSSR count). The Bertz CT molecular complexity index is 762. The summed E-state index contributed by atoms with van der Waals surface area (Å²) in [5.41, 5.74) is 0.0462. The smallest absolute Gasteiger partial charge is 0.408 e. The van der Waals surface area contributed by atoms with Crippen molar-refractivity contribution in [2.75, 3.05) is 6.61 Å². The lowest BCUT2D eigenvalue weighted by Crippen LogP contribution is -2.46. The van der Waals surface area contributed by atoms with Gasteiger partial charge in [-0.2, -0.15) is 0 Å². The van der Waals surface area contributed by atoms with Crippen LogP contribution in [0.4, 0.5) is 13.6 Å². The summed E-state index contributed by atoms with van der Waals surface area (Å²) in [7, 11) is 0. The first-order chi connectivity index (χ1) is 14.5. The topological polar surface area (TPSA) is 64.6 Å². The third-order valence-electron chi connectivity index (χ3n) is 3.59. The second-order valence-corrected chi connectivity index (χ2v) is 7.26. The van der Waals surface area contributed by atoms with E-state index in [1.807, 2.05) is 13.8 Å². The maximum Gasteiger partial charge on any atom is 0.408 e. The number of allylic oxidation sites excluding steroid dienone is 4. The molecule has 1 amide bonds. The first-order valence-electron chi connectivity index (χ1n) is 10.1. The number of carbonyl (C=O) groups is 2. The van der Waals surface area contributed by atoms with E-state index in [1.54, 1.807) is 39.0 Å². The van der Waals surface area contributed by atoms with Crippen LogP contribution in [-0.4, -0.2) is 30.1 Å². The van der Waals surface area contributed by atoms with Gasteiger partial charge in [-0.1, -0.05) is 45.2 Å². The molecule has 1 aromatic rings. The van der Waals surface area contributed by atoms with Gasteiger partial charge in [0.2, 0.25) is 0 Å². The summed E-state index contributed by atoms with van der Waals surface area (Å²) in [4.78, 5) is 24.7. The molecule has 0 aliphatic rings. The largest absolute Gasteiger partial charge is 0.491 e. The maximum atomic E-state index is 13.3. The van der Waals surface area contributed by atoms with Crippen LogP contribution in [0.5, 0.6) is 5.75 Å². The number of hydrogen-bond acceptors (Lipinski definition) is 4. The zero-order valence-electron chi connectivity index (χ0n) is 19.0. The van der Waals surface area contributed by atoms with Crippen molar-refractivity contribution in [3.63, 3.8) is 0 Å². The van der Waals surface area contributed by atoms with E-state index < -0.39 is 29.4 Å². The molecule has 5 nitrogen and oxygen atoms in total. The highest BCUT2D eigenvalue weighted by atomic mass is 19.1. The van der Waals surface area contributed by atoms with Crippen LogP contribution in [-0.2, 0) is 9.53 Å². The summed E-state index contributed by atoms with van der Waals surface area (Å²) in [6, 6.07) is 1.62. The van der Waals surface area contributed by atoms with Gasteiger partial charge in [-0.3, -0.25) is 4.79 Å². The van der Waals surface area contributed by atoms with Crippen LogP contribution in [0.3, 0.4) is 0 Å². The molecule has 0 aliphatic heterocycles. The molecule has 31 heavy (non-hydrogen) atoms. The summed E-state index contributed by atoms with van der Waals surface area (Å²) in [5.74, 6) is -2.05. The van der Waals surface area contributed by atoms with E-state index in [0.717, 1.165) is 17.7 Å². The van der Waals surface area contributed by atoms with Crippen LogP contribution in [0.1, 0.15) is 47.5 Å². The molecule has 0 heterocycles. The number of Topliss-reactive ketones (excluding diaryl/α,β-unsaturated/α-hetero) is 1. The molecule has 0 spiro atoms. The molecule has 0 aromatic heterocycles. The quantitative estimate of drug-likeness (QED) is 0.462.